The molecule has 0 N–H and O–H groups in total. The van der Waals surface area contributed by atoms with Gasteiger partial charge in [-0.25, -0.2) is 9.78 Å². The van der Waals surface area contributed by atoms with E-state index in [4.69, 9.17) is 21.1 Å². The highest BCUT2D eigenvalue weighted by molar-refractivity contribution is 6.30. The molecule has 23 heavy (non-hydrogen) atoms. The molecule has 2 rings (SSSR count). The second kappa shape index (κ2) is 7.25. The van der Waals surface area contributed by atoms with Crippen molar-refractivity contribution in [3.8, 4) is 5.75 Å². The van der Waals surface area contributed by atoms with E-state index in [0.29, 0.717) is 30.5 Å². The van der Waals surface area contributed by atoms with Crippen LogP contribution in [0.25, 0.3) is 0 Å². The third-order valence-electron chi connectivity index (χ3n) is 3.53. The maximum absolute atomic E-state index is 12.2. The number of nitrogens with zero attached hydrogens (tertiary/aromatic N) is 3. The van der Waals surface area contributed by atoms with Gasteiger partial charge in [-0.05, 0) is 27.2 Å². The summed E-state index contributed by atoms with van der Waals surface area (Å²) in [6.45, 7) is 8.48. The van der Waals surface area contributed by atoms with Crippen molar-refractivity contribution in [2.45, 2.75) is 32.8 Å². The van der Waals surface area contributed by atoms with Crippen LogP contribution in [0.5, 0.6) is 5.75 Å². The maximum Gasteiger partial charge on any atom is 0.410 e. The largest absolute Gasteiger partial charge is 0.493 e. The Morgan fingerprint density at radius 3 is 2.65 bits per heavy atom. The molecule has 0 aliphatic carbocycles. The number of anilines is 1. The van der Waals surface area contributed by atoms with Crippen LogP contribution < -0.4 is 9.64 Å². The van der Waals surface area contributed by atoms with E-state index in [1.54, 1.807) is 18.2 Å². The van der Waals surface area contributed by atoms with E-state index in [1.165, 1.54) is 0 Å². The van der Waals surface area contributed by atoms with Gasteiger partial charge in [0.1, 0.15) is 5.60 Å². The normalized spacial score (nSPS) is 16.0. The number of rotatable bonds is 2. The van der Waals surface area contributed by atoms with Crippen molar-refractivity contribution in [2.24, 2.45) is 0 Å². The zero-order chi connectivity index (χ0) is 17.0. The number of carbonyl (C=O) groups excluding carboxylic acids is 1. The van der Waals surface area contributed by atoms with Gasteiger partial charge >= 0.3 is 6.09 Å². The SMILES string of the molecule is COc1cc(N2CCCN(C(=O)OC(C)(C)C)CC2)cnc1Cl. The topological polar surface area (TPSA) is 54.9 Å². The van der Waals surface area contributed by atoms with Gasteiger partial charge < -0.3 is 19.3 Å². The maximum atomic E-state index is 12.2. The van der Waals surface area contributed by atoms with Crippen LogP contribution in [0, 0.1) is 0 Å². The van der Waals surface area contributed by atoms with E-state index in [1.807, 2.05) is 26.8 Å². The Hall–Kier alpha value is -1.69. The molecule has 1 saturated heterocycles. The summed E-state index contributed by atoms with van der Waals surface area (Å²) in [6, 6.07) is 1.87. The number of pyridine rings is 1. The lowest BCUT2D eigenvalue weighted by molar-refractivity contribution is 0.0263. The quantitative estimate of drug-likeness (QED) is 0.773. The van der Waals surface area contributed by atoms with Crippen LogP contribution >= 0.6 is 11.6 Å². The molecule has 0 atom stereocenters. The molecule has 0 unspecified atom stereocenters. The molecule has 1 aliphatic heterocycles. The lowest BCUT2D eigenvalue weighted by atomic mass is 10.2. The van der Waals surface area contributed by atoms with Crippen LogP contribution in [0.1, 0.15) is 27.2 Å². The fourth-order valence-electron chi connectivity index (χ4n) is 2.42. The Bertz CT molecular complexity index is 560. The fraction of sp³-hybridized carbons (Fsp3) is 0.625. The highest BCUT2D eigenvalue weighted by Crippen LogP contribution is 2.27. The summed E-state index contributed by atoms with van der Waals surface area (Å²) in [5.74, 6) is 0.553. The zero-order valence-corrected chi connectivity index (χ0v) is 14.9. The van der Waals surface area contributed by atoms with Gasteiger partial charge in [0.15, 0.2) is 10.9 Å². The third kappa shape index (κ3) is 4.89. The molecule has 128 valence electrons. The van der Waals surface area contributed by atoms with Gasteiger partial charge in [-0.15, -0.1) is 0 Å². The van der Waals surface area contributed by atoms with Gasteiger partial charge in [0.2, 0.25) is 0 Å². The number of ether oxygens (including phenoxy) is 2. The van der Waals surface area contributed by atoms with Crippen LogP contribution in [-0.4, -0.2) is 54.9 Å². The number of methoxy groups -OCH3 is 1. The minimum Gasteiger partial charge on any atom is -0.493 e. The standard InChI is InChI=1S/C16H24ClN3O3/c1-16(2,3)23-15(21)20-7-5-6-19(8-9-20)12-10-13(22-4)14(17)18-11-12/h10-11H,5-9H2,1-4H3. The van der Waals surface area contributed by atoms with Crippen LogP contribution in [0.2, 0.25) is 5.15 Å². The van der Waals surface area contributed by atoms with Crippen LogP contribution in [-0.2, 0) is 4.74 Å². The fourth-order valence-corrected chi connectivity index (χ4v) is 2.60. The Labute approximate surface area is 142 Å². The smallest absolute Gasteiger partial charge is 0.410 e. The predicted molar refractivity (Wildman–Crippen MR) is 90.4 cm³/mol. The molecule has 1 aliphatic rings. The van der Waals surface area contributed by atoms with Gasteiger partial charge in [0.25, 0.3) is 0 Å². The summed E-state index contributed by atoms with van der Waals surface area (Å²) < 4.78 is 10.7. The molecule has 0 bridgehead atoms. The first-order valence-corrected chi connectivity index (χ1v) is 8.10. The lowest BCUT2D eigenvalue weighted by Gasteiger charge is -2.27. The molecule has 0 saturated carbocycles. The predicted octanol–water partition coefficient (Wildman–Crippen LogP) is 3.19. The highest BCUT2D eigenvalue weighted by atomic mass is 35.5. The van der Waals surface area contributed by atoms with E-state index >= 15 is 0 Å². The van der Waals surface area contributed by atoms with Crippen molar-refractivity contribution < 1.29 is 14.3 Å². The number of aromatic nitrogens is 1. The Balaban J connectivity index is 2.02. The Morgan fingerprint density at radius 1 is 1.26 bits per heavy atom. The first kappa shape index (κ1) is 17.7. The molecule has 0 spiro atoms. The molecule has 6 nitrogen and oxygen atoms in total. The van der Waals surface area contributed by atoms with Crippen molar-refractivity contribution in [1.29, 1.82) is 0 Å². The number of hydrogen-bond acceptors (Lipinski definition) is 5. The van der Waals surface area contributed by atoms with Gasteiger partial charge in [-0.2, -0.15) is 0 Å². The van der Waals surface area contributed by atoms with Crippen LogP contribution in [0.3, 0.4) is 0 Å². The van der Waals surface area contributed by atoms with Gasteiger partial charge in [-0.3, -0.25) is 0 Å². The van der Waals surface area contributed by atoms with Crippen molar-refractivity contribution >= 4 is 23.4 Å². The van der Waals surface area contributed by atoms with Crippen molar-refractivity contribution in [2.75, 3.05) is 38.2 Å². The summed E-state index contributed by atoms with van der Waals surface area (Å²) in [4.78, 5) is 20.3. The second-order valence-electron chi connectivity index (χ2n) is 6.49. The van der Waals surface area contributed by atoms with Crippen molar-refractivity contribution in [3.63, 3.8) is 0 Å². The highest BCUT2D eigenvalue weighted by Gasteiger charge is 2.24. The molecular formula is C16H24ClN3O3. The molecule has 0 aromatic carbocycles. The van der Waals surface area contributed by atoms with Gasteiger partial charge in [-0.1, -0.05) is 11.6 Å². The van der Waals surface area contributed by atoms with Crippen molar-refractivity contribution in [1.82, 2.24) is 9.88 Å². The lowest BCUT2D eigenvalue weighted by Crippen LogP contribution is -2.39. The van der Waals surface area contributed by atoms with Crippen molar-refractivity contribution in [3.05, 3.63) is 17.4 Å². The summed E-state index contributed by atoms with van der Waals surface area (Å²) in [5, 5.41) is 0.349. The van der Waals surface area contributed by atoms with E-state index < -0.39 is 5.60 Å². The molecular weight excluding hydrogens is 318 g/mol. The van der Waals surface area contributed by atoms with Gasteiger partial charge in [0, 0.05) is 32.2 Å². The number of halogens is 1. The summed E-state index contributed by atoms with van der Waals surface area (Å²) >= 11 is 5.97. The average Bonchev–Trinajstić information content (AvgIpc) is 2.72. The first-order chi connectivity index (χ1) is 10.8. The van der Waals surface area contributed by atoms with E-state index in [0.717, 1.165) is 18.7 Å². The minimum absolute atomic E-state index is 0.258. The van der Waals surface area contributed by atoms with E-state index in [9.17, 15) is 4.79 Å². The summed E-state index contributed by atoms with van der Waals surface area (Å²) in [5.41, 5.74) is 0.466. The number of amides is 1. The molecule has 1 amide bonds. The van der Waals surface area contributed by atoms with E-state index in [2.05, 4.69) is 9.88 Å². The Kier molecular flexibility index (Phi) is 5.57. The Morgan fingerprint density at radius 2 is 2.00 bits per heavy atom. The zero-order valence-electron chi connectivity index (χ0n) is 14.1. The van der Waals surface area contributed by atoms with Gasteiger partial charge in [0.05, 0.1) is 19.0 Å². The number of hydrogen-bond donors (Lipinski definition) is 0. The third-order valence-corrected chi connectivity index (χ3v) is 3.81. The summed E-state index contributed by atoms with van der Waals surface area (Å²) in [7, 11) is 1.57. The molecule has 0 radical (unpaired) electrons. The van der Waals surface area contributed by atoms with Crippen LogP contribution in [0.4, 0.5) is 10.5 Å². The molecule has 1 fully saturated rings. The first-order valence-electron chi connectivity index (χ1n) is 7.72. The molecule has 1 aromatic rings. The summed E-state index contributed by atoms with van der Waals surface area (Å²) in [6.07, 6.45) is 2.34. The number of carbonyl (C=O) groups is 1. The molecule has 1 aromatic heterocycles. The van der Waals surface area contributed by atoms with Crippen LogP contribution in [0.15, 0.2) is 12.3 Å². The van der Waals surface area contributed by atoms with E-state index in [-0.39, 0.29) is 6.09 Å². The second-order valence-corrected chi connectivity index (χ2v) is 6.85. The monoisotopic (exact) mass is 341 g/mol. The molecule has 7 heteroatoms. The average molecular weight is 342 g/mol. The molecule has 2 heterocycles. The minimum atomic E-state index is -0.476.